The van der Waals surface area contributed by atoms with Crippen LogP contribution in [0.2, 0.25) is 0 Å². The van der Waals surface area contributed by atoms with Gasteiger partial charge < -0.3 is 9.64 Å². The molecule has 3 heterocycles. The monoisotopic (exact) mass is 341 g/mol. The average molecular weight is 341 g/mol. The fraction of sp³-hybridized carbons (Fsp3) is 0.556. The summed E-state index contributed by atoms with van der Waals surface area (Å²) in [5.74, 6) is 0.530. The molecule has 1 fully saturated rings. The van der Waals surface area contributed by atoms with Crippen molar-refractivity contribution in [3.8, 4) is 0 Å². The number of anilines is 1. The molecule has 0 amide bonds. The van der Waals surface area contributed by atoms with E-state index >= 15 is 0 Å². The number of fused-ring (bicyclic) bond motifs is 1. The van der Waals surface area contributed by atoms with Gasteiger partial charge in [0.1, 0.15) is 6.61 Å². The van der Waals surface area contributed by atoms with Crippen LogP contribution in [-0.4, -0.2) is 45.6 Å². The number of ether oxygens (including phenoxy) is 1. The van der Waals surface area contributed by atoms with Gasteiger partial charge in [0.05, 0.1) is 11.7 Å². The molecule has 7 nitrogen and oxygen atoms in total. The Morgan fingerprint density at radius 3 is 3.00 bits per heavy atom. The SMILES string of the molecule is Cc1ccc(N2CCCC2COC(=O)c2n[nH]c3c2CCCC3)nn1. The van der Waals surface area contributed by atoms with Crippen LogP contribution >= 0.6 is 0 Å². The Kier molecular flexibility index (Phi) is 4.38. The maximum Gasteiger partial charge on any atom is 0.359 e. The lowest BCUT2D eigenvalue weighted by molar-refractivity contribution is 0.0474. The second-order valence-corrected chi connectivity index (χ2v) is 6.86. The van der Waals surface area contributed by atoms with Crippen LogP contribution < -0.4 is 4.90 Å². The van der Waals surface area contributed by atoms with Gasteiger partial charge in [-0.1, -0.05) is 0 Å². The van der Waals surface area contributed by atoms with E-state index in [1.807, 2.05) is 19.1 Å². The van der Waals surface area contributed by atoms with Gasteiger partial charge >= 0.3 is 5.97 Å². The number of aromatic nitrogens is 4. The van der Waals surface area contributed by atoms with Crippen LogP contribution in [0.4, 0.5) is 5.82 Å². The molecular weight excluding hydrogens is 318 g/mol. The van der Waals surface area contributed by atoms with Crippen LogP contribution in [0.1, 0.15) is 53.1 Å². The summed E-state index contributed by atoms with van der Waals surface area (Å²) in [7, 11) is 0. The van der Waals surface area contributed by atoms with Crippen LogP contribution in [0.3, 0.4) is 0 Å². The maximum absolute atomic E-state index is 12.5. The first-order valence-corrected chi connectivity index (χ1v) is 9.02. The fourth-order valence-electron chi connectivity index (χ4n) is 3.75. The van der Waals surface area contributed by atoms with Crippen LogP contribution in [0.15, 0.2) is 12.1 Å². The van der Waals surface area contributed by atoms with Crippen LogP contribution in [0.5, 0.6) is 0 Å². The van der Waals surface area contributed by atoms with Crippen molar-refractivity contribution in [1.82, 2.24) is 20.4 Å². The van der Waals surface area contributed by atoms with Gasteiger partial charge in [-0.25, -0.2) is 4.79 Å². The van der Waals surface area contributed by atoms with Gasteiger partial charge in [-0.05, 0) is 57.6 Å². The van der Waals surface area contributed by atoms with Gasteiger partial charge in [0, 0.05) is 17.8 Å². The molecule has 1 aliphatic heterocycles. The molecule has 1 N–H and O–H groups in total. The lowest BCUT2D eigenvalue weighted by Gasteiger charge is -2.24. The molecule has 1 saturated heterocycles. The first-order valence-electron chi connectivity index (χ1n) is 9.02. The summed E-state index contributed by atoms with van der Waals surface area (Å²) < 4.78 is 5.60. The summed E-state index contributed by atoms with van der Waals surface area (Å²) in [6.07, 6.45) is 6.19. The number of nitrogens with zero attached hydrogens (tertiary/aromatic N) is 4. The third-order valence-electron chi connectivity index (χ3n) is 5.11. The van der Waals surface area contributed by atoms with Crippen LogP contribution in [0, 0.1) is 6.92 Å². The average Bonchev–Trinajstić information content (AvgIpc) is 3.27. The zero-order chi connectivity index (χ0) is 17.2. The number of carbonyl (C=O) groups is 1. The lowest BCUT2D eigenvalue weighted by atomic mass is 9.96. The second-order valence-electron chi connectivity index (χ2n) is 6.86. The largest absolute Gasteiger partial charge is 0.459 e. The van der Waals surface area contributed by atoms with Crippen molar-refractivity contribution < 1.29 is 9.53 Å². The number of aromatic amines is 1. The highest BCUT2D eigenvalue weighted by Crippen LogP contribution is 2.25. The van der Waals surface area contributed by atoms with Gasteiger partial charge in [-0.3, -0.25) is 5.10 Å². The minimum atomic E-state index is -0.318. The molecule has 2 aromatic heterocycles. The number of nitrogens with one attached hydrogen (secondary N) is 1. The van der Waals surface area contributed by atoms with E-state index in [0.717, 1.165) is 67.8 Å². The van der Waals surface area contributed by atoms with Crippen molar-refractivity contribution >= 4 is 11.8 Å². The predicted molar refractivity (Wildman–Crippen MR) is 92.6 cm³/mol. The number of aryl methyl sites for hydroxylation is 2. The van der Waals surface area contributed by atoms with Crippen molar-refractivity contribution in [2.75, 3.05) is 18.1 Å². The Morgan fingerprint density at radius 1 is 1.28 bits per heavy atom. The van der Waals surface area contributed by atoms with Crippen molar-refractivity contribution in [2.24, 2.45) is 0 Å². The zero-order valence-corrected chi connectivity index (χ0v) is 14.5. The van der Waals surface area contributed by atoms with Crippen molar-refractivity contribution in [2.45, 2.75) is 51.5 Å². The summed E-state index contributed by atoms with van der Waals surface area (Å²) >= 11 is 0. The van der Waals surface area contributed by atoms with Crippen LogP contribution in [-0.2, 0) is 17.6 Å². The van der Waals surface area contributed by atoms with Gasteiger partial charge in [0.15, 0.2) is 11.5 Å². The summed E-state index contributed by atoms with van der Waals surface area (Å²) in [5.41, 5.74) is 3.50. The molecular formula is C18H23N5O2. The second kappa shape index (κ2) is 6.82. The Hall–Kier alpha value is -2.44. The molecule has 0 bridgehead atoms. The molecule has 0 radical (unpaired) electrons. The van der Waals surface area contributed by atoms with Gasteiger partial charge in [0.25, 0.3) is 0 Å². The first kappa shape index (κ1) is 16.1. The number of carbonyl (C=O) groups excluding carboxylic acids is 1. The molecule has 2 aromatic rings. The number of esters is 1. The number of H-pyrrole nitrogens is 1. The van der Waals surface area contributed by atoms with Crippen LogP contribution in [0.25, 0.3) is 0 Å². The summed E-state index contributed by atoms with van der Waals surface area (Å²) in [6, 6.07) is 4.09. The molecule has 1 atom stereocenters. The van der Waals surface area contributed by atoms with E-state index in [4.69, 9.17) is 4.74 Å². The maximum atomic E-state index is 12.5. The van der Waals surface area contributed by atoms with Gasteiger partial charge in [-0.15, -0.1) is 5.10 Å². The van der Waals surface area contributed by atoms with E-state index in [1.54, 1.807) is 0 Å². The number of rotatable bonds is 4. The van der Waals surface area contributed by atoms with Crippen molar-refractivity contribution in [1.29, 1.82) is 0 Å². The quantitative estimate of drug-likeness (QED) is 0.859. The Balaban J connectivity index is 1.41. The highest BCUT2D eigenvalue weighted by Gasteiger charge is 2.29. The minimum absolute atomic E-state index is 0.149. The summed E-state index contributed by atoms with van der Waals surface area (Å²) in [6.45, 7) is 3.19. The topological polar surface area (TPSA) is 84.0 Å². The Morgan fingerprint density at radius 2 is 2.16 bits per heavy atom. The number of hydrogen-bond donors (Lipinski definition) is 1. The fourth-order valence-corrected chi connectivity index (χ4v) is 3.75. The molecule has 1 unspecified atom stereocenters. The van der Waals surface area contributed by atoms with E-state index in [2.05, 4.69) is 25.3 Å². The predicted octanol–water partition coefficient (Wildman–Crippen LogP) is 2.21. The molecule has 0 aromatic carbocycles. The zero-order valence-electron chi connectivity index (χ0n) is 14.5. The molecule has 4 rings (SSSR count). The summed E-state index contributed by atoms with van der Waals surface area (Å²) in [4.78, 5) is 14.7. The Labute approximate surface area is 146 Å². The van der Waals surface area contributed by atoms with E-state index in [9.17, 15) is 4.79 Å². The van der Waals surface area contributed by atoms with E-state index in [1.165, 1.54) is 0 Å². The number of hydrogen-bond acceptors (Lipinski definition) is 6. The molecule has 25 heavy (non-hydrogen) atoms. The van der Waals surface area contributed by atoms with E-state index in [0.29, 0.717) is 12.3 Å². The first-order chi connectivity index (χ1) is 12.2. The molecule has 0 spiro atoms. The molecule has 7 heteroatoms. The highest BCUT2D eigenvalue weighted by atomic mass is 16.5. The molecule has 132 valence electrons. The standard InChI is InChI=1S/C18H23N5O2/c1-12-8-9-16(21-19-12)23-10-4-5-13(23)11-25-18(24)17-14-6-2-3-7-15(14)20-22-17/h8-9,13H,2-7,10-11H2,1H3,(H,20,22). The highest BCUT2D eigenvalue weighted by molar-refractivity contribution is 5.89. The molecule has 2 aliphatic rings. The third-order valence-corrected chi connectivity index (χ3v) is 5.11. The van der Waals surface area contributed by atoms with Crippen molar-refractivity contribution in [3.63, 3.8) is 0 Å². The van der Waals surface area contributed by atoms with E-state index in [-0.39, 0.29) is 12.0 Å². The summed E-state index contributed by atoms with van der Waals surface area (Å²) in [5, 5.41) is 15.6. The van der Waals surface area contributed by atoms with E-state index < -0.39 is 0 Å². The van der Waals surface area contributed by atoms with Gasteiger partial charge in [0.2, 0.25) is 0 Å². The molecule has 1 aliphatic carbocycles. The van der Waals surface area contributed by atoms with Crippen molar-refractivity contribution in [3.05, 3.63) is 34.8 Å². The van der Waals surface area contributed by atoms with Gasteiger partial charge in [-0.2, -0.15) is 10.2 Å². The normalized spacial score (nSPS) is 19.7. The lowest BCUT2D eigenvalue weighted by Crippen LogP contribution is -2.34. The Bertz CT molecular complexity index is 755. The smallest absolute Gasteiger partial charge is 0.359 e. The third kappa shape index (κ3) is 3.23. The molecule has 0 saturated carbocycles. The minimum Gasteiger partial charge on any atom is -0.459 e.